The predicted molar refractivity (Wildman–Crippen MR) is 60.4 cm³/mol. The molecule has 2 N–H and O–H groups in total. The molecule has 0 spiro atoms. The molecule has 0 bridgehead atoms. The highest BCUT2D eigenvalue weighted by Gasteiger charge is 2.37. The third kappa shape index (κ3) is 2.60. The molecule has 96 valence electrons. The first-order valence-electron chi connectivity index (χ1n) is 6.24. The molecule has 4 atom stereocenters. The SMILES string of the molecule is CC1CCOC1C(=O)NC1CCCC1C(=O)O. The van der Waals surface area contributed by atoms with Crippen molar-refractivity contribution >= 4 is 11.9 Å². The lowest BCUT2D eigenvalue weighted by molar-refractivity contribution is -0.142. The highest BCUT2D eigenvalue weighted by Crippen LogP contribution is 2.27. The second-order valence-corrected chi connectivity index (χ2v) is 5.05. The molecule has 5 nitrogen and oxygen atoms in total. The molecule has 2 fully saturated rings. The van der Waals surface area contributed by atoms with E-state index in [1.54, 1.807) is 0 Å². The Morgan fingerprint density at radius 2 is 2.06 bits per heavy atom. The van der Waals surface area contributed by atoms with Crippen LogP contribution < -0.4 is 5.32 Å². The van der Waals surface area contributed by atoms with Crippen LogP contribution in [0.1, 0.15) is 32.6 Å². The fourth-order valence-electron chi connectivity index (χ4n) is 2.72. The lowest BCUT2D eigenvalue weighted by atomic mass is 10.0. The summed E-state index contributed by atoms with van der Waals surface area (Å²) in [4.78, 5) is 22.9. The Labute approximate surface area is 101 Å². The molecule has 2 rings (SSSR count). The molecule has 0 aromatic rings. The second kappa shape index (κ2) is 5.04. The lowest BCUT2D eigenvalue weighted by Crippen LogP contribution is -2.46. The molecular weight excluding hydrogens is 222 g/mol. The van der Waals surface area contributed by atoms with Gasteiger partial charge in [-0.05, 0) is 25.2 Å². The van der Waals surface area contributed by atoms with Crippen molar-refractivity contribution in [3.63, 3.8) is 0 Å². The fraction of sp³-hybridized carbons (Fsp3) is 0.833. The van der Waals surface area contributed by atoms with E-state index in [4.69, 9.17) is 9.84 Å². The standard InChI is InChI=1S/C12H19NO4/c1-7-5-6-17-10(7)11(14)13-9-4-2-3-8(9)12(15)16/h7-10H,2-6H2,1H3,(H,13,14)(H,15,16). The average Bonchev–Trinajstić information content (AvgIpc) is 2.86. The van der Waals surface area contributed by atoms with Gasteiger partial charge in [0.05, 0.1) is 5.92 Å². The van der Waals surface area contributed by atoms with E-state index in [0.717, 1.165) is 19.3 Å². The average molecular weight is 241 g/mol. The van der Waals surface area contributed by atoms with Crippen LogP contribution in [0.4, 0.5) is 0 Å². The highest BCUT2D eigenvalue weighted by molar-refractivity contribution is 5.82. The predicted octanol–water partition coefficient (Wildman–Crippen LogP) is 0.781. The number of carboxylic acids is 1. The smallest absolute Gasteiger partial charge is 0.308 e. The van der Waals surface area contributed by atoms with E-state index in [2.05, 4.69) is 5.32 Å². The van der Waals surface area contributed by atoms with Gasteiger partial charge in [0.2, 0.25) is 5.91 Å². The summed E-state index contributed by atoms with van der Waals surface area (Å²) in [5, 5.41) is 11.9. The Kier molecular flexibility index (Phi) is 3.66. The van der Waals surface area contributed by atoms with Gasteiger partial charge >= 0.3 is 5.97 Å². The Bertz CT molecular complexity index is 318. The number of rotatable bonds is 3. The van der Waals surface area contributed by atoms with Crippen LogP contribution in [0.3, 0.4) is 0 Å². The largest absolute Gasteiger partial charge is 0.481 e. The number of ether oxygens (including phenoxy) is 1. The molecular formula is C12H19NO4. The maximum Gasteiger partial charge on any atom is 0.308 e. The molecule has 1 aliphatic heterocycles. The molecule has 4 unspecified atom stereocenters. The molecule has 1 saturated heterocycles. The Hall–Kier alpha value is -1.10. The van der Waals surface area contributed by atoms with Crippen molar-refractivity contribution in [2.75, 3.05) is 6.61 Å². The second-order valence-electron chi connectivity index (χ2n) is 5.05. The van der Waals surface area contributed by atoms with Gasteiger partial charge in [0.15, 0.2) is 0 Å². The molecule has 2 aliphatic rings. The van der Waals surface area contributed by atoms with Crippen LogP contribution in [-0.2, 0) is 14.3 Å². The van der Waals surface area contributed by atoms with Crippen LogP contribution in [0.5, 0.6) is 0 Å². The van der Waals surface area contributed by atoms with Crippen LogP contribution in [0.15, 0.2) is 0 Å². The quantitative estimate of drug-likeness (QED) is 0.765. The van der Waals surface area contributed by atoms with E-state index in [1.165, 1.54) is 0 Å². The van der Waals surface area contributed by atoms with Crippen LogP contribution in [0.2, 0.25) is 0 Å². The number of hydrogen-bond acceptors (Lipinski definition) is 3. The van der Waals surface area contributed by atoms with Crippen molar-refractivity contribution in [3.8, 4) is 0 Å². The summed E-state index contributed by atoms with van der Waals surface area (Å²) in [6.07, 6.45) is 2.77. The van der Waals surface area contributed by atoms with E-state index in [-0.39, 0.29) is 17.9 Å². The zero-order chi connectivity index (χ0) is 12.4. The van der Waals surface area contributed by atoms with E-state index >= 15 is 0 Å². The van der Waals surface area contributed by atoms with Crippen LogP contribution >= 0.6 is 0 Å². The van der Waals surface area contributed by atoms with Crippen molar-refractivity contribution in [1.29, 1.82) is 0 Å². The summed E-state index contributed by atoms with van der Waals surface area (Å²) >= 11 is 0. The van der Waals surface area contributed by atoms with Crippen molar-refractivity contribution in [2.24, 2.45) is 11.8 Å². The Balaban J connectivity index is 1.91. The number of carboxylic acid groups (broad SMARTS) is 1. The van der Waals surface area contributed by atoms with Crippen LogP contribution in [-0.4, -0.2) is 35.7 Å². The number of amides is 1. The zero-order valence-corrected chi connectivity index (χ0v) is 10.0. The maximum absolute atomic E-state index is 12.0. The molecule has 1 saturated carbocycles. The number of hydrogen-bond donors (Lipinski definition) is 2. The van der Waals surface area contributed by atoms with Gasteiger partial charge in [-0.25, -0.2) is 0 Å². The number of carbonyl (C=O) groups is 2. The summed E-state index contributed by atoms with van der Waals surface area (Å²) in [7, 11) is 0. The molecule has 1 heterocycles. The molecule has 1 amide bonds. The molecule has 5 heteroatoms. The first-order valence-corrected chi connectivity index (χ1v) is 6.24. The molecule has 0 aromatic heterocycles. The molecule has 0 radical (unpaired) electrons. The first kappa shape index (κ1) is 12.4. The minimum Gasteiger partial charge on any atom is -0.481 e. The summed E-state index contributed by atoms with van der Waals surface area (Å²) in [6, 6.07) is -0.226. The van der Waals surface area contributed by atoms with E-state index < -0.39 is 18.0 Å². The van der Waals surface area contributed by atoms with Crippen molar-refractivity contribution < 1.29 is 19.4 Å². The normalized spacial score (nSPS) is 37.0. The maximum atomic E-state index is 12.0. The minimum absolute atomic E-state index is 0.145. The number of nitrogens with one attached hydrogen (secondary N) is 1. The Morgan fingerprint density at radius 3 is 2.65 bits per heavy atom. The monoisotopic (exact) mass is 241 g/mol. The highest BCUT2D eigenvalue weighted by atomic mass is 16.5. The van der Waals surface area contributed by atoms with Crippen molar-refractivity contribution in [1.82, 2.24) is 5.32 Å². The molecule has 17 heavy (non-hydrogen) atoms. The summed E-state index contributed by atoms with van der Waals surface area (Å²) in [5.41, 5.74) is 0. The zero-order valence-electron chi connectivity index (χ0n) is 10.0. The number of carbonyl (C=O) groups excluding carboxylic acids is 1. The van der Waals surface area contributed by atoms with E-state index in [9.17, 15) is 9.59 Å². The molecule has 0 aromatic carbocycles. The third-order valence-electron chi connectivity index (χ3n) is 3.81. The van der Waals surface area contributed by atoms with Crippen molar-refractivity contribution in [2.45, 2.75) is 44.8 Å². The van der Waals surface area contributed by atoms with E-state index in [0.29, 0.717) is 13.0 Å². The summed E-state index contributed by atoms with van der Waals surface area (Å²) < 4.78 is 5.37. The van der Waals surface area contributed by atoms with Gasteiger partial charge in [-0.2, -0.15) is 0 Å². The Morgan fingerprint density at radius 1 is 1.29 bits per heavy atom. The van der Waals surface area contributed by atoms with Gasteiger partial charge < -0.3 is 15.2 Å². The van der Waals surface area contributed by atoms with Gasteiger partial charge in [-0.15, -0.1) is 0 Å². The van der Waals surface area contributed by atoms with Gasteiger partial charge in [-0.3, -0.25) is 9.59 Å². The summed E-state index contributed by atoms with van der Waals surface area (Å²) in [5.74, 6) is -1.17. The van der Waals surface area contributed by atoms with Gasteiger partial charge in [0.1, 0.15) is 6.10 Å². The van der Waals surface area contributed by atoms with Crippen LogP contribution in [0, 0.1) is 11.8 Å². The molecule has 1 aliphatic carbocycles. The van der Waals surface area contributed by atoms with Gasteiger partial charge in [-0.1, -0.05) is 13.3 Å². The lowest BCUT2D eigenvalue weighted by Gasteiger charge is -2.21. The minimum atomic E-state index is -0.812. The number of aliphatic carboxylic acids is 1. The third-order valence-corrected chi connectivity index (χ3v) is 3.81. The first-order chi connectivity index (χ1) is 8.09. The van der Waals surface area contributed by atoms with E-state index in [1.807, 2.05) is 6.92 Å². The van der Waals surface area contributed by atoms with Gasteiger partial charge in [0.25, 0.3) is 0 Å². The summed E-state index contributed by atoms with van der Waals surface area (Å²) in [6.45, 7) is 2.60. The fourth-order valence-corrected chi connectivity index (χ4v) is 2.72. The van der Waals surface area contributed by atoms with Gasteiger partial charge in [0, 0.05) is 12.6 Å². The van der Waals surface area contributed by atoms with Crippen LogP contribution in [0.25, 0.3) is 0 Å². The van der Waals surface area contributed by atoms with Crippen molar-refractivity contribution in [3.05, 3.63) is 0 Å². The topological polar surface area (TPSA) is 75.6 Å².